The first-order chi connectivity index (χ1) is 7.63. The lowest BCUT2D eigenvalue weighted by Gasteiger charge is -2.08. The molecule has 0 aliphatic carbocycles. The molecule has 0 aliphatic heterocycles. The Morgan fingerprint density at radius 2 is 2.06 bits per heavy atom. The van der Waals surface area contributed by atoms with Crippen LogP contribution in [0.2, 0.25) is 0 Å². The molecule has 0 saturated carbocycles. The molecule has 16 heavy (non-hydrogen) atoms. The second-order valence-electron chi connectivity index (χ2n) is 3.27. The van der Waals surface area contributed by atoms with Crippen molar-refractivity contribution in [3.8, 4) is 5.75 Å². The number of benzene rings is 1. The van der Waals surface area contributed by atoms with Crippen molar-refractivity contribution in [2.45, 2.75) is 12.5 Å². The highest BCUT2D eigenvalue weighted by atomic mass is 16.5. The molecule has 1 aromatic rings. The lowest BCUT2D eigenvalue weighted by atomic mass is 10.1. The minimum Gasteiger partial charge on any atom is -0.497 e. The molecule has 4 heteroatoms. The summed E-state index contributed by atoms with van der Waals surface area (Å²) in [5.41, 5.74) is 0.732. The van der Waals surface area contributed by atoms with Crippen LogP contribution in [0.3, 0.4) is 0 Å². The molecule has 0 fully saturated rings. The molecule has 0 spiro atoms. The lowest BCUT2D eigenvalue weighted by Crippen LogP contribution is -1.96. The summed E-state index contributed by atoms with van der Waals surface area (Å²) < 4.78 is 4.99. The van der Waals surface area contributed by atoms with E-state index in [1.54, 1.807) is 31.4 Å². The number of hydrogen-bond donors (Lipinski definition) is 2. The molecule has 0 aliphatic rings. The number of carboxylic acid groups (broad SMARTS) is 1. The molecule has 86 valence electrons. The highest BCUT2D eigenvalue weighted by molar-refractivity contribution is 5.79. The van der Waals surface area contributed by atoms with Crippen LogP contribution in [0.15, 0.2) is 36.4 Å². The lowest BCUT2D eigenvalue weighted by molar-refractivity contribution is -0.131. The Kier molecular flexibility index (Phi) is 4.54. The average Bonchev–Trinajstić information content (AvgIpc) is 2.28. The van der Waals surface area contributed by atoms with Gasteiger partial charge in [-0.15, -0.1) is 0 Å². The topological polar surface area (TPSA) is 66.8 Å². The summed E-state index contributed by atoms with van der Waals surface area (Å²) >= 11 is 0. The van der Waals surface area contributed by atoms with Crippen LogP contribution in [0.5, 0.6) is 5.75 Å². The monoisotopic (exact) mass is 222 g/mol. The largest absolute Gasteiger partial charge is 0.497 e. The van der Waals surface area contributed by atoms with Crippen molar-refractivity contribution in [3.05, 3.63) is 42.0 Å². The van der Waals surface area contributed by atoms with Gasteiger partial charge in [0, 0.05) is 6.08 Å². The molecule has 0 aromatic heterocycles. The first kappa shape index (κ1) is 12.3. The fraction of sp³-hybridized carbons (Fsp3) is 0.250. The Morgan fingerprint density at radius 1 is 1.44 bits per heavy atom. The summed E-state index contributed by atoms with van der Waals surface area (Å²) in [6, 6.07) is 7.00. The van der Waals surface area contributed by atoms with Crippen molar-refractivity contribution in [1.82, 2.24) is 0 Å². The van der Waals surface area contributed by atoms with Gasteiger partial charge in [0.1, 0.15) is 5.75 Å². The van der Waals surface area contributed by atoms with E-state index in [9.17, 15) is 9.90 Å². The van der Waals surface area contributed by atoms with Gasteiger partial charge in [0.05, 0.1) is 13.2 Å². The van der Waals surface area contributed by atoms with Crippen molar-refractivity contribution in [3.63, 3.8) is 0 Å². The van der Waals surface area contributed by atoms with E-state index in [1.807, 2.05) is 0 Å². The molecule has 1 atom stereocenters. The fourth-order valence-corrected chi connectivity index (χ4v) is 1.26. The highest BCUT2D eigenvalue weighted by Crippen LogP contribution is 2.20. The first-order valence-corrected chi connectivity index (χ1v) is 4.85. The van der Waals surface area contributed by atoms with Crippen LogP contribution >= 0.6 is 0 Å². The third-order valence-corrected chi connectivity index (χ3v) is 2.12. The first-order valence-electron chi connectivity index (χ1n) is 4.85. The molecule has 0 radical (unpaired) electrons. The predicted octanol–water partition coefficient (Wildman–Crippen LogP) is 1.76. The molecule has 0 amide bonds. The van der Waals surface area contributed by atoms with Crippen molar-refractivity contribution in [2.75, 3.05) is 7.11 Å². The normalized spacial score (nSPS) is 12.6. The minimum atomic E-state index is -1.01. The fourth-order valence-electron chi connectivity index (χ4n) is 1.26. The maximum Gasteiger partial charge on any atom is 0.327 e. The molecule has 4 nitrogen and oxygen atoms in total. The molecule has 0 saturated heterocycles. The Hall–Kier alpha value is -1.81. The Labute approximate surface area is 93.8 Å². The van der Waals surface area contributed by atoms with Crippen LogP contribution in [0.1, 0.15) is 18.1 Å². The van der Waals surface area contributed by atoms with Gasteiger partial charge >= 0.3 is 5.97 Å². The second kappa shape index (κ2) is 5.92. The molecule has 1 aromatic carbocycles. The van der Waals surface area contributed by atoms with E-state index in [0.29, 0.717) is 0 Å². The summed E-state index contributed by atoms with van der Waals surface area (Å²) in [5.74, 6) is -0.293. The highest BCUT2D eigenvalue weighted by Gasteiger charge is 2.05. The third kappa shape index (κ3) is 3.74. The summed E-state index contributed by atoms with van der Waals surface area (Å²) in [6.07, 6.45) is 2.03. The number of carbonyl (C=O) groups is 1. The van der Waals surface area contributed by atoms with E-state index >= 15 is 0 Å². The van der Waals surface area contributed by atoms with Gasteiger partial charge in [0.15, 0.2) is 0 Å². The number of aliphatic hydroxyl groups is 1. The molecule has 0 heterocycles. The van der Waals surface area contributed by atoms with Gasteiger partial charge < -0.3 is 14.9 Å². The minimum absolute atomic E-state index is 0.276. The molecule has 1 rings (SSSR count). The van der Waals surface area contributed by atoms with Gasteiger partial charge in [-0.1, -0.05) is 18.2 Å². The summed E-state index contributed by atoms with van der Waals surface area (Å²) in [7, 11) is 1.57. The van der Waals surface area contributed by atoms with Crippen molar-refractivity contribution in [2.24, 2.45) is 0 Å². The Morgan fingerprint density at radius 3 is 2.56 bits per heavy atom. The standard InChI is InChI=1S/C12H14O4/c1-16-10-7-5-9(6-8-10)11(13)3-2-4-12(14)15/h2,4-8,11,13H,3H2,1H3,(H,14,15)/b4-2+. The van der Waals surface area contributed by atoms with E-state index in [4.69, 9.17) is 9.84 Å². The number of aliphatic hydroxyl groups excluding tert-OH is 1. The number of hydrogen-bond acceptors (Lipinski definition) is 3. The average molecular weight is 222 g/mol. The number of methoxy groups -OCH3 is 1. The van der Waals surface area contributed by atoms with E-state index in [2.05, 4.69) is 0 Å². The van der Waals surface area contributed by atoms with Crippen molar-refractivity contribution in [1.29, 1.82) is 0 Å². The van der Waals surface area contributed by atoms with E-state index < -0.39 is 12.1 Å². The molecular formula is C12H14O4. The zero-order valence-electron chi connectivity index (χ0n) is 8.96. The smallest absolute Gasteiger partial charge is 0.327 e. The van der Waals surface area contributed by atoms with Crippen LogP contribution in [0.25, 0.3) is 0 Å². The number of aliphatic carboxylic acids is 1. The maximum absolute atomic E-state index is 10.2. The van der Waals surface area contributed by atoms with Crippen LogP contribution in [-0.4, -0.2) is 23.3 Å². The van der Waals surface area contributed by atoms with Crippen molar-refractivity contribution < 1.29 is 19.7 Å². The Bertz CT molecular complexity index is 367. The van der Waals surface area contributed by atoms with Crippen LogP contribution in [-0.2, 0) is 4.79 Å². The SMILES string of the molecule is COc1ccc(C(O)C/C=C/C(=O)O)cc1. The quantitative estimate of drug-likeness (QED) is 0.745. The third-order valence-electron chi connectivity index (χ3n) is 2.12. The predicted molar refractivity (Wildman–Crippen MR) is 59.3 cm³/mol. The van der Waals surface area contributed by atoms with Gasteiger partial charge in [-0.05, 0) is 24.1 Å². The molecule has 2 N–H and O–H groups in total. The van der Waals surface area contributed by atoms with E-state index in [0.717, 1.165) is 17.4 Å². The number of ether oxygens (including phenoxy) is 1. The van der Waals surface area contributed by atoms with Gasteiger partial charge in [-0.25, -0.2) is 4.79 Å². The van der Waals surface area contributed by atoms with Gasteiger partial charge in [-0.3, -0.25) is 0 Å². The molecule has 0 bridgehead atoms. The summed E-state index contributed by atoms with van der Waals surface area (Å²) in [5, 5.41) is 18.1. The van der Waals surface area contributed by atoms with Gasteiger partial charge in [0.25, 0.3) is 0 Å². The van der Waals surface area contributed by atoms with Crippen LogP contribution in [0.4, 0.5) is 0 Å². The number of carboxylic acids is 1. The summed E-state index contributed by atoms with van der Waals surface area (Å²) in [6.45, 7) is 0. The zero-order valence-corrected chi connectivity index (χ0v) is 8.96. The van der Waals surface area contributed by atoms with Gasteiger partial charge in [0.2, 0.25) is 0 Å². The molecule has 1 unspecified atom stereocenters. The zero-order chi connectivity index (χ0) is 12.0. The molecular weight excluding hydrogens is 208 g/mol. The second-order valence-corrected chi connectivity index (χ2v) is 3.27. The Balaban J connectivity index is 2.58. The summed E-state index contributed by atoms with van der Waals surface area (Å²) in [4.78, 5) is 10.2. The van der Waals surface area contributed by atoms with Crippen molar-refractivity contribution >= 4 is 5.97 Å². The van der Waals surface area contributed by atoms with Gasteiger partial charge in [-0.2, -0.15) is 0 Å². The van der Waals surface area contributed by atoms with E-state index in [-0.39, 0.29) is 6.42 Å². The van der Waals surface area contributed by atoms with Crippen LogP contribution in [0, 0.1) is 0 Å². The van der Waals surface area contributed by atoms with E-state index in [1.165, 1.54) is 6.08 Å². The number of rotatable bonds is 5. The maximum atomic E-state index is 10.2. The van der Waals surface area contributed by atoms with Crippen LogP contribution < -0.4 is 4.74 Å².